The van der Waals surface area contributed by atoms with Gasteiger partial charge in [-0.1, -0.05) is 0 Å². The molecule has 1 saturated heterocycles. The SMILES string of the molecule is CN(C(=O)CSC(C)(C)[C@@H](N)C(=O)O)C1CCS(=O)(=O)C1. The maximum absolute atomic E-state index is 12.1. The Labute approximate surface area is 129 Å². The van der Waals surface area contributed by atoms with E-state index in [0.717, 1.165) is 11.8 Å². The number of hydrogen-bond acceptors (Lipinski definition) is 6. The highest BCUT2D eigenvalue weighted by atomic mass is 32.2. The molecule has 1 unspecified atom stereocenters. The van der Waals surface area contributed by atoms with Crippen LogP contribution in [-0.2, 0) is 19.4 Å². The van der Waals surface area contributed by atoms with E-state index in [4.69, 9.17) is 10.8 Å². The Hall–Kier alpha value is -0.800. The molecule has 1 amide bonds. The van der Waals surface area contributed by atoms with Crippen LogP contribution in [0.1, 0.15) is 20.3 Å². The zero-order valence-corrected chi connectivity index (χ0v) is 14.0. The Balaban J connectivity index is 2.56. The van der Waals surface area contributed by atoms with Crippen LogP contribution in [0.4, 0.5) is 0 Å². The second-order valence-electron chi connectivity index (χ2n) is 5.77. The summed E-state index contributed by atoms with van der Waals surface area (Å²) in [6.07, 6.45) is 0.452. The van der Waals surface area contributed by atoms with Crippen LogP contribution in [0.15, 0.2) is 0 Å². The van der Waals surface area contributed by atoms with E-state index < -0.39 is 26.6 Å². The van der Waals surface area contributed by atoms with Crippen LogP contribution in [0.25, 0.3) is 0 Å². The average molecular weight is 338 g/mol. The lowest BCUT2D eigenvalue weighted by Gasteiger charge is -2.29. The van der Waals surface area contributed by atoms with E-state index in [2.05, 4.69) is 0 Å². The van der Waals surface area contributed by atoms with Gasteiger partial charge >= 0.3 is 5.97 Å². The maximum atomic E-state index is 12.1. The smallest absolute Gasteiger partial charge is 0.321 e. The molecule has 122 valence electrons. The third kappa shape index (κ3) is 4.86. The monoisotopic (exact) mass is 338 g/mol. The van der Waals surface area contributed by atoms with Crippen LogP contribution in [0, 0.1) is 0 Å². The molecule has 1 heterocycles. The van der Waals surface area contributed by atoms with Crippen LogP contribution in [0.2, 0.25) is 0 Å². The number of nitrogens with zero attached hydrogens (tertiary/aromatic N) is 1. The van der Waals surface area contributed by atoms with Crippen molar-refractivity contribution in [3.63, 3.8) is 0 Å². The number of nitrogens with two attached hydrogens (primary N) is 1. The molecule has 1 aliphatic rings. The molecular formula is C12H22N2O5S2. The van der Waals surface area contributed by atoms with E-state index >= 15 is 0 Å². The van der Waals surface area contributed by atoms with Gasteiger partial charge < -0.3 is 15.7 Å². The zero-order valence-electron chi connectivity index (χ0n) is 12.4. The van der Waals surface area contributed by atoms with Crippen LogP contribution >= 0.6 is 11.8 Å². The summed E-state index contributed by atoms with van der Waals surface area (Å²) in [5, 5.41) is 8.92. The van der Waals surface area contributed by atoms with Gasteiger partial charge in [0.1, 0.15) is 6.04 Å². The van der Waals surface area contributed by atoms with E-state index in [0.29, 0.717) is 6.42 Å². The molecule has 0 radical (unpaired) electrons. The molecule has 7 nitrogen and oxygen atoms in total. The molecule has 0 saturated carbocycles. The molecule has 3 N–H and O–H groups in total. The molecule has 21 heavy (non-hydrogen) atoms. The number of rotatable bonds is 6. The van der Waals surface area contributed by atoms with E-state index in [1.807, 2.05) is 0 Å². The van der Waals surface area contributed by atoms with Crippen LogP contribution in [0.5, 0.6) is 0 Å². The highest BCUT2D eigenvalue weighted by Crippen LogP contribution is 2.28. The summed E-state index contributed by atoms with van der Waals surface area (Å²) in [6, 6.07) is -1.37. The first kappa shape index (κ1) is 18.2. The average Bonchev–Trinajstić information content (AvgIpc) is 2.74. The van der Waals surface area contributed by atoms with E-state index in [9.17, 15) is 18.0 Å². The number of aliphatic carboxylic acids is 1. The minimum atomic E-state index is -3.04. The predicted molar refractivity (Wildman–Crippen MR) is 82.0 cm³/mol. The molecule has 1 aliphatic heterocycles. The normalized spacial score (nSPS) is 22.8. The van der Waals surface area contributed by atoms with Crippen molar-refractivity contribution in [2.45, 2.75) is 37.1 Å². The first-order valence-electron chi connectivity index (χ1n) is 6.55. The van der Waals surface area contributed by atoms with Crippen molar-refractivity contribution < 1.29 is 23.1 Å². The number of carbonyl (C=O) groups excluding carboxylic acids is 1. The molecular weight excluding hydrogens is 316 g/mol. The molecule has 0 aromatic rings. The lowest BCUT2D eigenvalue weighted by molar-refractivity contribution is -0.139. The summed E-state index contributed by atoms with van der Waals surface area (Å²) in [6.45, 7) is 3.34. The number of amides is 1. The number of carboxylic acid groups (broad SMARTS) is 1. The van der Waals surface area contributed by atoms with Gasteiger partial charge in [-0.3, -0.25) is 9.59 Å². The first-order valence-corrected chi connectivity index (χ1v) is 9.35. The molecule has 2 atom stereocenters. The first-order chi connectivity index (χ1) is 9.46. The molecule has 1 fully saturated rings. The Morgan fingerprint density at radius 2 is 2.05 bits per heavy atom. The topological polar surface area (TPSA) is 118 Å². The summed E-state index contributed by atoms with van der Waals surface area (Å²) in [7, 11) is -1.46. The molecule has 0 bridgehead atoms. The maximum Gasteiger partial charge on any atom is 0.321 e. The summed E-state index contributed by atoms with van der Waals surface area (Å²) < 4.78 is 22.1. The van der Waals surface area contributed by atoms with Gasteiger partial charge in [0, 0.05) is 17.8 Å². The number of thioether (sulfide) groups is 1. The Bertz CT molecular complexity index is 518. The van der Waals surface area contributed by atoms with Gasteiger partial charge in [-0.05, 0) is 20.3 Å². The van der Waals surface area contributed by atoms with Gasteiger partial charge in [-0.15, -0.1) is 11.8 Å². The van der Waals surface area contributed by atoms with Gasteiger partial charge in [-0.2, -0.15) is 0 Å². The summed E-state index contributed by atoms with van der Waals surface area (Å²) in [5.41, 5.74) is 5.59. The van der Waals surface area contributed by atoms with Crippen molar-refractivity contribution >= 4 is 33.5 Å². The van der Waals surface area contributed by atoms with Crippen LogP contribution in [-0.4, -0.2) is 71.4 Å². The summed E-state index contributed by atoms with van der Waals surface area (Å²) in [5.74, 6) is -1.15. The summed E-state index contributed by atoms with van der Waals surface area (Å²) in [4.78, 5) is 24.5. The van der Waals surface area contributed by atoms with Crippen molar-refractivity contribution in [1.29, 1.82) is 0 Å². The minimum absolute atomic E-state index is 0.00204. The predicted octanol–water partition coefficient (Wildman–Crippen LogP) is -0.444. The fourth-order valence-corrected chi connectivity index (χ4v) is 4.78. The molecule has 0 spiro atoms. The second-order valence-corrected chi connectivity index (χ2v) is 9.63. The largest absolute Gasteiger partial charge is 0.480 e. The minimum Gasteiger partial charge on any atom is -0.480 e. The van der Waals surface area contributed by atoms with Gasteiger partial charge in [0.05, 0.1) is 17.3 Å². The van der Waals surface area contributed by atoms with Gasteiger partial charge in [-0.25, -0.2) is 8.42 Å². The van der Waals surface area contributed by atoms with E-state index in [1.165, 1.54) is 4.90 Å². The Morgan fingerprint density at radius 1 is 1.48 bits per heavy atom. The third-order valence-electron chi connectivity index (χ3n) is 3.73. The number of carbonyl (C=O) groups is 2. The zero-order chi connectivity index (χ0) is 16.4. The number of carboxylic acids is 1. The lowest BCUT2D eigenvalue weighted by atomic mass is 10.1. The van der Waals surface area contributed by atoms with Gasteiger partial charge in [0.15, 0.2) is 9.84 Å². The third-order valence-corrected chi connectivity index (χ3v) is 6.87. The van der Waals surface area contributed by atoms with Crippen LogP contribution in [0.3, 0.4) is 0 Å². The van der Waals surface area contributed by atoms with Gasteiger partial charge in [0.25, 0.3) is 0 Å². The van der Waals surface area contributed by atoms with Crippen molar-refractivity contribution in [2.75, 3.05) is 24.3 Å². The summed E-state index contributed by atoms with van der Waals surface area (Å²) >= 11 is 1.16. The Morgan fingerprint density at radius 3 is 2.48 bits per heavy atom. The second kappa shape index (κ2) is 6.53. The fraction of sp³-hybridized carbons (Fsp3) is 0.833. The van der Waals surface area contributed by atoms with Crippen molar-refractivity contribution in [3.05, 3.63) is 0 Å². The van der Waals surface area contributed by atoms with Crippen molar-refractivity contribution in [3.8, 4) is 0 Å². The molecule has 0 aromatic carbocycles. The highest BCUT2D eigenvalue weighted by molar-refractivity contribution is 8.01. The molecule has 9 heteroatoms. The standard InChI is InChI=1S/C12H22N2O5S2/c1-12(2,10(13)11(16)17)20-6-9(15)14(3)8-4-5-21(18,19)7-8/h8,10H,4-7,13H2,1-3H3,(H,16,17)/t8?,10-/m0/s1. The molecule has 1 rings (SSSR count). The number of hydrogen-bond donors (Lipinski definition) is 2. The van der Waals surface area contributed by atoms with E-state index in [1.54, 1.807) is 20.9 Å². The molecule has 0 aliphatic carbocycles. The van der Waals surface area contributed by atoms with Gasteiger partial charge in [0.2, 0.25) is 5.91 Å². The Kier molecular flexibility index (Phi) is 5.68. The fourth-order valence-electron chi connectivity index (χ4n) is 2.02. The van der Waals surface area contributed by atoms with Crippen molar-refractivity contribution in [1.82, 2.24) is 4.90 Å². The number of sulfone groups is 1. The quantitative estimate of drug-likeness (QED) is 0.674. The van der Waals surface area contributed by atoms with E-state index in [-0.39, 0.29) is 29.2 Å². The highest BCUT2D eigenvalue weighted by Gasteiger charge is 2.36. The lowest BCUT2D eigenvalue weighted by Crippen LogP contribution is -2.48. The van der Waals surface area contributed by atoms with Crippen molar-refractivity contribution in [2.24, 2.45) is 5.73 Å². The van der Waals surface area contributed by atoms with Crippen LogP contribution < -0.4 is 5.73 Å². The molecule has 0 aromatic heterocycles.